The first-order valence-corrected chi connectivity index (χ1v) is 3.43. The highest BCUT2D eigenvalue weighted by molar-refractivity contribution is 5.85. The molecule has 0 fully saturated rings. The van der Waals surface area contributed by atoms with Crippen LogP contribution in [0, 0.1) is 5.92 Å². The lowest BCUT2D eigenvalue weighted by atomic mass is 10.0. The molecule has 0 saturated carbocycles. The lowest BCUT2D eigenvalue weighted by Crippen LogP contribution is -2.06. The van der Waals surface area contributed by atoms with E-state index in [1.165, 1.54) is 0 Å². The second-order valence-corrected chi connectivity index (χ2v) is 2.50. The molecule has 0 spiro atoms. The quantitative estimate of drug-likeness (QED) is 0.354. The molecule has 0 heterocycles. The number of oxime groups is 1. The molecule has 0 saturated heterocycles. The zero-order valence-corrected chi connectivity index (χ0v) is 6.39. The smallest absolute Gasteiger partial charge is 0.0596 e. The van der Waals surface area contributed by atoms with Crippen LogP contribution in [0.2, 0.25) is 0 Å². The second kappa shape index (κ2) is 4.36. The molecule has 0 aromatic heterocycles. The van der Waals surface area contributed by atoms with Crippen LogP contribution in [0.3, 0.4) is 0 Å². The SMILES string of the molecule is CCCC(=NO)C(C)C. The van der Waals surface area contributed by atoms with Crippen LogP contribution < -0.4 is 0 Å². The zero-order chi connectivity index (χ0) is 7.28. The summed E-state index contributed by atoms with van der Waals surface area (Å²) < 4.78 is 0. The van der Waals surface area contributed by atoms with Crippen molar-refractivity contribution in [3.63, 3.8) is 0 Å². The maximum Gasteiger partial charge on any atom is 0.0596 e. The molecule has 0 aromatic rings. The van der Waals surface area contributed by atoms with Gasteiger partial charge in [-0.1, -0.05) is 32.3 Å². The van der Waals surface area contributed by atoms with Crippen molar-refractivity contribution in [3.05, 3.63) is 0 Å². The van der Waals surface area contributed by atoms with Gasteiger partial charge in [0, 0.05) is 0 Å². The molecule has 0 aliphatic rings. The predicted octanol–water partition coefficient (Wildman–Crippen LogP) is 2.27. The summed E-state index contributed by atoms with van der Waals surface area (Å²) in [6.45, 7) is 6.14. The lowest BCUT2D eigenvalue weighted by Gasteiger charge is -2.04. The summed E-state index contributed by atoms with van der Waals surface area (Å²) >= 11 is 0. The molecule has 0 aliphatic heterocycles. The van der Waals surface area contributed by atoms with E-state index in [1.807, 2.05) is 13.8 Å². The van der Waals surface area contributed by atoms with Gasteiger partial charge >= 0.3 is 0 Å². The van der Waals surface area contributed by atoms with E-state index in [2.05, 4.69) is 12.1 Å². The van der Waals surface area contributed by atoms with Crippen LogP contribution in [0.25, 0.3) is 0 Å². The zero-order valence-electron chi connectivity index (χ0n) is 6.39. The van der Waals surface area contributed by atoms with Gasteiger partial charge in [0.05, 0.1) is 5.71 Å². The Morgan fingerprint density at radius 2 is 2.11 bits per heavy atom. The highest BCUT2D eigenvalue weighted by atomic mass is 16.4. The Hall–Kier alpha value is -0.530. The first-order chi connectivity index (χ1) is 4.22. The normalized spacial score (nSPS) is 12.7. The average Bonchev–Trinajstić information content (AvgIpc) is 1.82. The van der Waals surface area contributed by atoms with E-state index in [-0.39, 0.29) is 0 Å². The second-order valence-electron chi connectivity index (χ2n) is 2.50. The van der Waals surface area contributed by atoms with E-state index in [4.69, 9.17) is 5.21 Å². The van der Waals surface area contributed by atoms with Crippen LogP contribution in [-0.4, -0.2) is 10.9 Å². The molecule has 1 N–H and O–H groups in total. The molecule has 0 radical (unpaired) electrons. The fraction of sp³-hybridized carbons (Fsp3) is 0.857. The maximum atomic E-state index is 8.42. The van der Waals surface area contributed by atoms with Crippen molar-refractivity contribution in [1.82, 2.24) is 0 Å². The van der Waals surface area contributed by atoms with Crippen LogP contribution in [-0.2, 0) is 0 Å². The molecule has 9 heavy (non-hydrogen) atoms. The summed E-state index contributed by atoms with van der Waals surface area (Å²) in [7, 11) is 0. The molecule has 2 heteroatoms. The van der Waals surface area contributed by atoms with Crippen molar-refractivity contribution in [1.29, 1.82) is 0 Å². The Morgan fingerprint density at radius 3 is 2.22 bits per heavy atom. The topological polar surface area (TPSA) is 32.6 Å². The molecule has 0 aliphatic carbocycles. The minimum absolute atomic E-state index is 0.384. The monoisotopic (exact) mass is 129 g/mol. The summed E-state index contributed by atoms with van der Waals surface area (Å²) in [5, 5.41) is 11.6. The summed E-state index contributed by atoms with van der Waals surface area (Å²) in [5.41, 5.74) is 0.900. The fourth-order valence-corrected chi connectivity index (χ4v) is 0.710. The van der Waals surface area contributed by atoms with Crippen LogP contribution in [0.5, 0.6) is 0 Å². The van der Waals surface area contributed by atoms with Crippen LogP contribution in [0.15, 0.2) is 5.16 Å². The van der Waals surface area contributed by atoms with Gasteiger partial charge in [-0.15, -0.1) is 0 Å². The van der Waals surface area contributed by atoms with Gasteiger partial charge < -0.3 is 5.21 Å². The predicted molar refractivity (Wildman–Crippen MR) is 39.0 cm³/mol. The molecule has 0 bridgehead atoms. The number of rotatable bonds is 3. The van der Waals surface area contributed by atoms with Crippen molar-refractivity contribution in [2.75, 3.05) is 0 Å². The van der Waals surface area contributed by atoms with Crippen LogP contribution >= 0.6 is 0 Å². The molecular weight excluding hydrogens is 114 g/mol. The van der Waals surface area contributed by atoms with E-state index in [9.17, 15) is 0 Å². The third kappa shape index (κ3) is 3.12. The van der Waals surface area contributed by atoms with Crippen LogP contribution in [0.1, 0.15) is 33.6 Å². The van der Waals surface area contributed by atoms with Crippen LogP contribution in [0.4, 0.5) is 0 Å². The molecule has 0 aromatic carbocycles. The summed E-state index contributed by atoms with van der Waals surface area (Å²) in [4.78, 5) is 0. The summed E-state index contributed by atoms with van der Waals surface area (Å²) in [6.07, 6.45) is 1.96. The number of hydrogen-bond acceptors (Lipinski definition) is 2. The van der Waals surface area contributed by atoms with E-state index in [0.717, 1.165) is 18.6 Å². The Kier molecular flexibility index (Phi) is 4.10. The van der Waals surface area contributed by atoms with Gasteiger partial charge in [0.15, 0.2) is 0 Å². The van der Waals surface area contributed by atoms with Gasteiger partial charge in [-0.2, -0.15) is 0 Å². The van der Waals surface area contributed by atoms with Gasteiger partial charge in [0.2, 0.25) is 0 Å². The first-order valence-electron chi connectivity index (χ1n) is 3.43. The highest BCUT2D eigenvalue weighted by Gasteiger charge is 2.02. The maximum absolute atomic E-state index is 8.42. The Bertz CT molecular complexity index is 97.1. The molecular formula is C7H15NO. The van der Waals surface area contributed by atoms with Gasteiger partial charge in [-0.05, 0) is 12.3 Å². The highest BCUT2D eigenvalue weighted by Crippen LogP contribution is 2.02. The van der Waals surface area contributed by atoms with Crippen molar-refractivity contribution >= 4 is 5.71 Å². The molecule has 0 rings (SSSR count). The average molecular weight is 129 g/mol. The molecule has 2 nitrogen and oxygen atoms in total. The van der Waals surface area contributed by atoms with Crippen molar-refractivity contribution in [2.24, 2.45) is 11.1 Å². The van der Waals surface area contributed by atoms with Gasteiger partial charge in [0.25, 0.3) is 0 Å². The number of nitrogens with zero attached hydrogens (tertiary/aromatic N) is 1. The van der Waals surface area contributed by atoms with E-state index < -0.39 is 0 Å². The standard InChI is InChI=1S/C7H15NO/c1-4-5-7(8-9)6(2)3/h6,9H,4-5H2,1-3H3. The van der Waals surface area contributed by atoms with E-state index >= 15 is 0 Å². The third-order valence-corrected chi connectivity index (χ3v) is 1.30. The van der Waals surface area contributed by atoms with Gasteiger partial charge in [-0.3, -0.25) is 0 Å². The molecule has 0 unspecified atom stereocenters. The van der Waals surface area contributed by atoms with Gasteiger partial charge in [0.1, 0.15) is 0 Å². The largest absolute Gasteiger partial charge is 0.411 e. The first kappa shape index (κ1) is 8.47. The minimum atomic E-state index is 0.384. The minimum Gasteiger partial charge on any atom is -0.411 e. The Morgan fingerprint density at radius 1 is 1.56 bits per heavy atom. The van der Waals surface area contributed by atoms with Crippen molar-refractivity contribution in [3.8, 4) is 0 Å². The molecule has 54 valence electrons. The van der Waals surface area contributed by atoms with E-state index in [1.54, 1.807) is 0 Å². The van der Waals surface area contributed by atoms with E-state index in [0.29, 0.717) is 5.92 Å². The Balaban J connectivity index is 3.70. The molecule has 0 atom stereocenters. The molecule has 0 amide bonds. The summed E-state index contributed by atoms with van der Waals surface area (Å²) in [5.74, 6) is 0.384. The van der Waals surface area contributed by atoms with Gasteiger partial charge in [-0.25, -0.2) is 0 Å². The summed E-state index contributed by atoms with van der Waals surface area (Å²) in [6, 6.07) is 0. The number of hydrogen-bond donors (Lipinski definition) is 1. The fourth-order valence-electron chi connectivity index (χ4n) is 0.710. The Labute approximate surface area is 56.6 Å². The van der Waals surface area contributed by atoms with Crippen molar-refractivity contribution in [2.45, 2.75) is 33.6 Å². The lowest BCUT2D eigenvalue weighted by molar-refractivity contribution is 0.314. The third-order valence-electron chi connectivity index (χ3n) is 1.30. The van der Waals surface area contributed by atoms with Crippen molar-refractivity contribution < 1.29 is 5.21 Å².